The quantitative estimate of drug-likeness (QED) is 0.676. The lowest BCUT2D eigenvalue weighted by atomic mass is 10.1. The summed E-state index contributed by atoms with van der Waals surface area (Å²) in [5, 5.41) is 2.82. The van der Waals surface area contributed by atoms with Gasteiger partial charge in [-0.05, 0) is 25.0 Å². The van der Waals surface area contributed by atoms with Gasteiger partial charge >= 0.3 is 0 Å². The van der Waals surface area contributed by atoms with E-state index in [0.29, 0.717) is 18.5 Å². The molecule has 106 valence electrons. The van der Waals surface area contributed by atoms with Crippen molar-refractivity contribution in [3.63, 3.8) is 0 Å². The number of aromatic nitrogens is 1. The maximum Gasteiger partial charge on any atom is 0.255 e. The van der Waals surface area contributed by atoms with Gasteiger partial charge in [0, 0.05) is 12.7 Å². The van der Waals surface area contributed by atoms with E-state index in [1.165, 1.54) is 0 Å². The fourth-order valence-electron chi connectivity index (χ4n) is 1.83. The van der Waals surface area contributed by atoms with Crippen LogP contribution >= 0.6 is 0 Å². The topological polar surface area (TPSA) is 68.0 Å². The molecule has 1 rings (SSSR count). The first-order valence-electron chi connectivity index (χ1n) is 6.80. The first-order chi connectivity index (χ1) is 9.25. The first kappa shape index (κ1) is 15.4. The number of anilines is 1. The molecule has 19 heavy (non-hydrogen) atoms. The number of nitrogens with one attached hydrogen (secondary N) is 1. The van der Waals surface area contributed by atoms with Gasteiger partial charge in [-0.15, -0.1) is 0 Å². The van der Waals surface area contributed by atoms with Crippen LogP contribution in [0.25, 0.3) is 0 Å². The van der Waals surface area contributed by atoms with Gasteiger partial charge in [-0.2, -0.15) is 0 Å². The Kier molecular flexibility index (Phi) is 7.54. The van der Waals surface area contributed by atoms with Gasteiger partial charge in [0.1, 0.15) is 5.82 Å². The number of rotatable bonds is 9. The molecule has 0 unspecified atom stereocenters. The zero-order chi connectivity index (χ0) is 13.9. The molecular formula is C14H22FN3O. The summed E-state index contributed by atoms with van der Waals surface area (Å²) in [6.07, 6.45) is 7.31. The number of nitrogens with two attached hydrogens (primary N) is 1. The molecule has 0 aliphatic heterocycles. The predicted octanol–water partition coefficient (Wildman–Crippen LogP) is 2.70. The van der Waals surface area contributed by atoms with E-state index in [0.717, 1.165) is 32.1 Å². The number of unbranched alkanes of at least 4 members (excludes halogenated alkanes) is 5. The lowest BCUT2D eigenvalue weighted by Crippen LogP contribution is -2.25. The summed E-state index contributed by atoms with van der Waals surface area (Å²) in [6, 6.07) is 3.35. The van der Waals surface area contributed by atoms with Crippen molar-refractivity contribution in [2.45, 2.75) is 38.5 Å². The number of carbonyl (C=O) groups excluding carboxylic acids is 1. The molecule has 0 spiro atoms. The Morgan fingerprint density at radius 3 is 2.58 bits per heavy atom. The minimum atomic E-state index is -0.220. The largest absolute Gasteiger partial charge is 0.383 e. The Balaban J connectivity index is 2.10. The van der Waals surface area contributed by atoms with Crippen LogP contribution in [0.15, 0.2) is 18.3 Å². The number of carbonyl (C=O) groups is 1. The van der Waals surface area contributed by atoms with Crippen LogP contribution < -0.4 is 11.1 Å². The maximum absolute atomic E-state index is 11.8. The molecule has 1 aromatic rings. The summed E-state index contributed by atoms with van der Waals surface area (Å²) in [5.74, 6) is 0.0780. The van der Waals surface area contributed by atoms with E-state index in [1.54, 1.807) is 18.3 Å². The lowest BCUT2D eigenvalue weighted by molar-refractivity contribution is 0.0953. The summed E-state index contributed by atoms with van der Waals surface area (Å²) in [5.41, 5.74) is 6.04. The number of amides is 1. The Labute approximate surface area is 113 Å². The number of halogens is 1. The zero-order valence-electron chi connectivity index (χ0n) is 11.2. The third kappa shape index (κ3) is 6.18. The lowest BCUT2D eigenvalue weighted by Gasteiger charge is -2.06. The van der Waals surface area contributed by atoms with Crippen molar-refractivity contribution in [2.24, 2.45) is 0 Å². The Morgan fingerprint density at radius 1 is 1.21 bits per heavy atom. The van der Waals surface area contributed by atoms with Crippen LogP contribution in [0.5, 0.6) is 0 Å². The minimum absolute atomic E-state index is 0.178. The second kappa shape index (κ2) is 9.30. The van der Waals surface area contributed by atoms with Crippen LogP contribution in [0.1, 0.15) is 48.9 Å². The van der Waals surface area contributed by atoms with Gasteiger partial charge in [-0.1, -0.05) is 25.7 Å². The highest BCUT2D eigenvalue weighted by Gasteiger charge is 2.08. The molecule has 0 atom stereocenters. The number of hydrogen-bond acceptors (Lipinski definition) is 3. The van der Waals surface area contributed by atoms with Gasteiger partial charge in [0.25, 0.3) is 5.91 Å². The van der Waals surface area contributed by atoms with Gasteiger partial charge in [0.15, 0.2) is 0 Å². The van der Waals surface area contributed by atoms with E-state index < -0.39 is 0 Å². The van der Waals surface area contributed by atoms with E-state index >= 15 is 0 Å². The highest BCUT2D eigenvalue weighted by atomic mass is 19.1. The monoisotopic (exact) mass is 267 g/mol. The number of alkyl halides is 1. The van der Waals surface area contributed by atoms with Crippen LogP contribution in [0.2, 0.25) is 0 Å². The molecule has 3 N–H and O–H groups in total. The Morgan fingerprint density at radius 2 is 1.89 bits per heavy atom. The zero-order valence-corrected chi connectivity index (χ0v) is 11.2. The van der Waals surface area contributed by atoms with Crippen molar-refractivity contribution < 1.29 is 9.18 Å². The number of nitrogens with zero attached hydrogens (tertiary/aromatic N) is 1. The Bertz CT molecular complexity index is 385. The van der Waals surface area contributed by atoms with Gasteiger partial charge in [-0.25, -0.2) is 4.98 Å². The van der Waals surface area contributed by atoms with E-state index in [4.69, 9.17) is 5.73 Å². The number of nitrogen functional groups attached to an aromatic ring is 1. The molecule has 1 aromatic heterocycles. The Hall–Kier alpha value is -1.65. The average molecular weight is 267 g/mol. The summed E-state index contributed by atoms with van der Waals surface area (Å²) in [6.45, 7) is 0.416. The number of pyridine rings is 1. The van der Waals surface area contributed by atoms with Crippen LogP contribution in [0.4, 0.5) is 10.2 Å². The normalized spacial score (nSPS) is 10.4. The maximum atomic E-state index is 11.8. The standard InChI is InChI=1S/C14H22FN3O/c15-9-5-3-1-2-4-6-10-18-14(19)12-8-7-11-17-13(12)16/h7-8,11H,1-6,9-10H2,(H2,16,17)(H,18,19). The van der Waals surface area contributed by atoms with Gasteiger partial charge in [0.05, 0.1) is 12.2 Å². The average Bonchev–Trinajstić information content (AvgIpc) is 2.42. The molecular weight excluding hydrogens is 245 g/mol. The highest BCUT2D eigenvalue weighted by molar-refractivity contribution is 5.98. The molecule has 0 saturated heterocycles. The van der Waals surface area contributed by atoms with Crippen molar-refractivity contribution in [3.05, 3.63) is 23.9 Å². The molecule has 5 heteroatoms. The molecule has 0 saturated carbocycles. The first-order valence-corrected chi connectivity index (χ1v) is 6.80. The molecule has 0 fully saturated rings. The minimum Gasteiger partial charge on any atom is -0.383 e. The fourth-order valence-corrected chi connectivity index (χ4v) is 1.83. The van der Waals surface area contributed by atoms with Crippen LogP contribution in [0.3, 0.4) is 0 Å². The van der Waals surface area contributed by atoms with Gasteiger partial charge in [-0.3, -0.25) is 9.18 Å². The summed E-state index contributed by atoms with van der Waals surface area (Å²) in [7, 11) is 0. The van der Waals surface area contributed by atoms with E-state index in [1.807, 2.05) is 0 Å². The van der Waals surface area contributed by atoms with E-state index in [-0.39, 0.29) is 18.4 Å². The van der Waals surface area contributed by atoms with Crippen molar-refractivity contribution in [1.29, 1.82) is 0 Å². The molecule has 0 radical (unpaired) electrons. The van der Waals surface area contributed by atoms with Gasteiger partial charge in [0.2, 0.25) is 0 Å². The third-order valence-electron chi connectivity index (χ3n) is 2.93. The van der Waals surface area contributed by atoms with Crippen LogP contribution in [-0.4, -0.2) is 24.1 Å². The molecule has 0 aromatic carbocycles. The SMILES string of the molecule is Nc1ncccc1C(=O)NCCCCCCCCF. The fraction of sp³-hybridized carbons (Fsp3) is 0.571. The van der Waals surface area contributed by atoms with Crippen molar-refractivity contribution >= 4 is 11.7 Å². The van der Waals surface area contributed by atoms with E-state index in [2.05, 4.69) is 10.3 Å². The van der Waals surface area contributed by atoms with Crippen molar-refractivity contribution in [3.8, 4) is 0 Å². The van der Waals surface area contributed by atoms with Crippen LogP contribution in [-0.2, 0) is 0 Å². The summed E-state index contributed by atoms with van der Waals surface area (Å²) >= 11 is 0. The molecule has 0 bridgehead atoms. The van der Waals surface area contributed by atoms with Crippen molar-refractivity contribution in [2.75, 3.05) is 19.0 Å². The number of hydrogen-bond donors (Lipinski definition) is 2. The third-order valence-corrected chi connectivity index (χ3v) is 2.93. The summed E-state index contributed by atoms with van der Waals surface area (Å²) in [4.78, 5) is 15.6. The second-order valence-corrected chi connectivity index (χ2v) is 4.50. The van der Waals surface area contributed by atoms with Crippen LogP contribution in [0, 0.1) is 0 Å². The molecule has 0 aliphatic rings. The second-order valence-electron chi connectivity index (χ2n) is 4.50. The van der Waals surface area contributed by atoms with Gasteiger partial charge < -0.3 is 11.1 Å². The highest BCUT2D eigenvalue weighted by Crippen LogP contribution is 2.07. The molecule has 1 amide bonds. The molecule has 0 aliphatic carbocycles. The van der Waals surface area contributed by atoms with E-state index in [9.17, 15) is 9.18 Å². The molecule has 1 heterocycles. The summed E-state index contributed by atoms with van der Waals surface area (Å²) < 4.78 is 11.8. The van der Waals surface area contributed by atoms with Crippen molar-refractivity contribution in [1.82, 2.24) is 10.3 Å². The predicted molar refractivity (Wildman–Crippen MR) is 74.7 cm³/mol. The molecule has 4 nitrogen and oxygen atoms in total. The smallest absolute Gasteiger partial charge is 0.255 e.